The summed E-state index contributed by atoms with van der Waals surface area (Å²) in [5, 5.41) is 0. The maximum Gasteiger partial charge on any atom is 0.138 e. The average molecular weight is 201 g/mol. The molecule has 0 aromatic heterocycles. The molecule has 0 N–H and O–H groups in total. The third kappa shape index (κ3) is 1.59. The second kappa shape index (κ2) is 3.46. The van der Waals surface area contributed by atoms with Gasteiger partial charge in [0.2, 0.25) is 0 Å². The summed E-state index contributed by atoms with van der Waals surface area (Å²) in [6, 6.07) is 8.54. The molecule has 2 aliphatic rings. The Bertz CT molecular complexity index is 399. The molecule has 15 heavy (non-hydrogen) atoms. The molecule has 2 heterocycles. The number of benzene rings is 1. The van der Waals surface area contributed by atoms with Gasteiger partial charge in [0, 0.05) is 32.0 Å². The van der Waals surface area contributed by atoms with Gasteiger partial charge in [-0.15, -0.1) is 0 Å². The molecule has 0 spiro atoms. The van der Waals surface area contributed by atoms with Crippen molar-refractivity contribution in [3.05, 3.63) is 35.4 Å². The highest BCUT2D eigenvalue weighted by molar-refractivity contribution is 5.82. The molecular formula is C13H15NO. The van der Waals surface area contributed by atoms with Crippen LogP contribution in [-0.4, -0.2) is 23.8 Å². The molecule has 0 amide bonds. The predicted molar refractivity (Wildman–Crippen MR) is 58.5 cm³/mol. The van der Waals surface area contributed by atoms with Crippen molar-refractivity contribution in [2.24, 2.45) is 5.92 Å². The minimum atomic E-state index is 0.252. The molecule has 1 fully saturated rings. The van der Waals surface area contributed by atoms with E-state index in [0.717, 1.165) is 32.5 Å². The molecular weight excluding hydrogens is 186 g/mol. The fourth-order valence-electron chi connectivity index (χ4n) is 2.72. The van der Waals surface area contributed by atoms with Crippen molar-refractivity contribution >= 4 is 5.78 Å². The van der Waals surface area contributed by atoms with Crippen LogP contribution < -0.4 is 0 Å². The molecule has 0 saturated carbocycles. The Morgan fingerprint density at radius 1 is 1.20 bits per heavy atom. The Morgan fingerprint density at radius 2 is 2.00 bits per heavy atom. The largest absolute Gasteiger partial charge is 0.299 e. The minimum absolute atomic E-state index is 0.252. The third-order valence-corrected chi connectivity index (χ3v) is 3.59. The molecule has 2 heteroatoms. The van der Waals surface area contributed by atoms with Crippen LogP contribution in [0.2, 0.25) is 0 Å². The topological polar surface area (TPSA) is 20.3 Å². The highest BCUT2D eigenvalue weighted by atomic mass is 16.1. The van der Waals surface area contributed by atoms with Gasteiger partial charge in [0.25, 0.3) is 0 Å². The number of rotatable bonds is 0. The first-order valence-corrected chi connectivity index (χ1v) is 5.65. The van der Waals surface area contributed by atoms with Crippen LogP contribution in [0.25, 0.3) is 0 Å². The van der Waals surface area contributed by atoms with E-state index in [-0.39, 0.29) is 5.92 Å². The normalized spacial score (nSPS) is 29.5. The average Bonchev–Trinajstić information content (AvgIpc) is 2.40. The fraction of sp³-hybridized carbons (Fsp3) is 0.462. The van der Waals surface area contributed by atoms with E-state index >= 15 is 0 Å². The van der Waals surface area contributed by atoms with Crippen molar-refractivity contribution in [1.29, 1.82) is 0 Å². The lowest BCUT2D eigenvalue weighted by atomic mass is 9.91. The van der Waals surface area contributed by atoms with Gasteiger partial charge in [0.1, 0.15) is 5.78 Å². The Balaban J connectivity index is 2.00. The van der Waals surface area contributed by atoms with E-state index in [1.165, 1.54) is 11.1 Å². The number of carbonyl (C=O) groups excluding carboxylic acids is 1. The van der Waals surface area contributed by atoms with E-state index in [9.17, 15) is 4.79 Å². The molecule has 2 aliphatic heterocycles. The molecule has 2 atom stereocenters. The molecule has 2 bridgehead atoms. The summed E-state index contributed by atoms with van der Waals surface area (Å²) < 4.78 is 0. The first kappa shape index (κ1) is 9.10. The number of piperidine rings is 1. The Labute approximate surface area is 89.9 Å². The molecule has 1 unspecified atom stereocenters. The zero-order chi connectivity index (χ0) is 10.3. The van der Waals surface area contributed by atoms with Gasteiger partial charge >= 0.3 is 0 Å². The van der Waals surface area contributed by atoms with E-state index < -0.39 is 0 Å². The van der Waals surface area contributed by atoms with Crippen molar-refractivity contribution in [1.82, 2.24) is 4.90 Å². The summed E-state index contributed by atoms with van der Waals surface area (Å²) >= 11 is 0. The fourth-order valence-corrected chi connectivity index (χ4v) is 2.72. The standard InChI is InChI=1S/C13H15NO/c15-13-5-6-14-8-11-4-2-1-3-10(11)7-12(13)9-14/h1-4,12H,5-9H2/t12-/m0/s1. The van der Waals surface area contributed by atoms with Crippen molar-refractivity contribution in [2.45, 2.75) is 19.4 Å². The van der Waals surface area contributed by atoms with Crippen molar-refractivity contribution in [3.63, 3.8) is 0 Å². The van der Waals surface area contributed by atoms with E-state index in [1.54, 1.807) is 0 Å². The first-order valence-electron chi connectivity index (χ1n) is 5.65. The van der Waals surface area contributed by atoms with E-state index in [1.807, 2.05) is 0 Å². The van der Waals surface area contributed by atoms with Gasteiger partial charge in [-0.1, -0.05) is 24.3 Å². The second-order valence-corrected chi connectivity index (χ2v) is 4.62. The van der Waals surface area contributed by atoms with Crippen LogP contribution in [0.5, 0.6) is 0 Å². The smallest absolute Gasteiger partial charge is 0.138 e. The maximum absolute atomic E-state index is 11.7. The van der Waals surface area contributed by atoms with Crippen molar-refractivity contribution in [3.8, 4) is 0 Å². The first-order chi connectivity index (χ1) is 7.33. The molecule has 0 radical (unpaired) electrons. The Kier molecular flexibility index (Phi) is 2.10. The van der Waals surface area contributed by atoms with Crippen molar-refractivity contribution < 1.29 is 4.79 Å². The molecule has 78 valence electrons. The zero-order valence-corrected chi connectivity index (χ0v) is 8.78. The monoisotopic (exact) mass is 201 g/mol. The summed E-state index contributed by atoms with van der Waals surface area (Å²) in [6.45, 7) is 2.94. The van der Waals surface area contributed by atoms with Crippen LogP contribution in [0, 0.1) is 5.92 Å². The molecule has 3 rings (SSSR count). The zero-order valence-electron chi connectivity index (χ0n) is 8.78. The summed E-state index contributed by atoms with van der Waals surface area (Å²) in [6.07, 6.45) is 1.70. The highest BCUT2D eigenvalue weighted by Gasteiger charge is 2.30. The molecule has 1 aromatic carbocycles. The number of ketones is 1. The SMILES string of the molecule is O=C1CCN2Cc3ccccc3C[C@H]1C2. The van der Waals surface area contributed by atoms with Crippen LogP contribution in [0.1, 0.15) is 17.5 Å². The van der Waals surface area contributed by atoms with Gasteiger partial charge in [0.05, 0.1) is 0 Å². The Hall–Kier alpha value is -1.15. The van der Waals surface area contributed by atoms with Gasteiger partial charge in [-0.2, -0.15) is 0 Å². The number of Topliss-reactive ketones (excluding diaryl/α,β-unsaturated/α-hetero) is 1. The van der Waals surface area contributed by atoms with Gasteiger partial charge in [-0.05, 0) is 17.5 Å². The van der Waals surface area contributed by atoms with E-state index in [2.05, 4.69) is 29.2 Å². The Morgan fingerprint density at radius 3 is 2.87 bits per heavy atom. The molecule has 2 nitrogen and oxygen atoms in total. The van der Waals surface area contributed by atoms with Crippen molar-refractivity contribution in [2.75, 3.05) is 13.1 Å². The summed E-state index contributed by atoms with van der Waals surface area (Å²) in [4.78, 5) is 14.2. The van der Waals surface area contributed by atoms with Crippen LogP contribution in [0.4, 0.5) is 0 Å². The lowest BCUT2D eigenvalue weighted by Crippen LogP contribution is -2.39. The quantitative estimate of drug-likeness (QED) is 0.636. The number of nitrogens with zero attached hydrogens (tertiary/aromatic N) is 1. The lowest BCUT2D eigenvalue weighted by molar-refractivity contribution is -0.126. The van der Waals surface area contributed by atoms with Gasteiger partial charge in [0.15, 0.2) is 0 Å². The van der Waals surface area contributed by atoms with E-state index in [0.29, 0.717) is 5.78 Å². The molecule has 1 saturated heterocycles. The van der Waals surface area contributed by atoms with Gasteiger partial charge in [-0.25, -0.2) is 0 Å². The molecule has 0 aliphatic carbocycles. The minimum Gasteiger partial charge on any atom is -0.299 e. The summed E-state index contributed by atoms with van der Waals surface area (Å²) in [5.74, 6) is 0.713. The summed E-state index contributed by atoms with van der Waals surface area (Å²) in [5.41, 5.74) is 2.79. The second-order valence-electron chi connectivity index (χ2n) is 4.62. The maximum atomic E-state index is 11.7. The van der Waals surface area contributed by atoms with Gasteiger partial charge < -0.3 is 0 Å². The third-order valence-electron chi connectivity index (χ3n) is 3.59. The number of hydrogen-bond donors (Lipinski definition) is 0. The van der Waals surface area contributed by atoms with Crippen LogP contribution >= 0.6 is 0 Å². The van der Waals surface area contributed by atoms with E-state index in [4.69, 9.17) is 0 Å². The van der Waals surface area contributed by atoms with Crippen LogP contribution in [0.15, 0.2) is 24.3 Å². The number of hydrogen-bond acceptors (Lipinski definition) is 2. The number of carbonyl (C=O) groups is 1. The predicted octanol–water partition coefficient (Wildman–Crippen LogP) is 1.63. The van der Waals surface area contributed by atoms with Crippen LogP contribution in [0.3, 0.4) is 0 Å². The van der Waals surface area contributed by atoms with Crippen LogP contribution in [-0.2, 0) is 17.8 Å². The van der Waals surface area contributed by atoms with Gasteiger partial charge in [-0.3, -0.25) is 9.69 Å². The lowest BCUT2D eigenvalue weighted by Gasteiger charge is -2.28. The summed E-state index contributed by atoms with van der Waals surface area (Å²) in [7, 11) is 0. The highest BCUT2D eigenvalue weighted by Crippen LogP contribution is 2.26. The molecule has 1 aromatic rings. The number of fused-ring (bicyclic) bond motifs is 3.